The maximum absolute atomic E-state index is 9.57. The Hall–Kier alpha value is -0.810. The molecule has 1 aliphatic heterocycles. The number of ether oxygens (including phenoxy) is 1. The van der Waals surface area contributed by atoms with Gasteiger partial charge in [-0.05, 0) is 12.5 Å². The number of aliphatic hydroxyl groups excluding tert-OH is 2. The third-order valence-electron chi connectivity index (χ3n) is 2.32. The lowest BCUT2D eigenvalue weighted by Crippen LogP contribution is -2.30. The molecule has 0 aromatic heterocycles. The van der Waals surface area contributed by atoms with Gasteiger partial charge in [0.1, 0.15) is 0 Å². The lowest BCUT2D eigenvalue weighted by Gasteiger charge is -2.15. The molecule has 0 aromatic carbocycles. The summed E-state index contributed by atoms with van der Waals surface area (Å²) >= 11 is 0. The zero-order valence-corrected chi connectivity index (χ0v) is 7.37. The van der Waals surface area contributed by atoms with Crippen molar-refractivity contribution >= 4 is 0 Å². The molecule has 0 bridgehead atoms. The predicted octanol–water partition coefficient (Wildman–Crippen LogP) is 0.0534. The van der Waals surface area contributed by atoms with Crippen molar-refractivity contribution in [2.45, 2.75) is 25.2 Å². The fourth-order valence-electron chi connectivity index (χ4n) is 1.56. The molecule has 1 fully saturated rings. The lowest BCUT2D eigenvalue weighted by molar-refractivity contribution is -0.00201. The van der Waals surface area contributed by atoms with Crippen molar-refractivity contribution in [3.63, 3.8) is 0 Å². The highest BCUT2D eigenvalue weighted by Gasteiger charge is 2.40. The van der Waals surface area contributed by atoms with E-state index in [4.69, 9.17) is 15.4 Å². The van der Waals surface area contributed by atoms with Crippen LogP contribution in [0.5, 0.6) is 0 Å². The van der Waals surface area contributed by atoms with Crippen LogP contribution in [0.4, 0.5) is 0 Å². The Morgan fingerprint density at radius 2 is 2.31 bits per heavy atom. The highest BCUT2D eigenvalue weighted by Crippen LogP contribution is 2.26. The Balaban J connectivity index is 2.61. The van der Waals surface area contributed by atoms with E-state index < -0.39 is 12.2 Å². The van der Waals surface area contributed by atoms with Gasteiger partial charge in [-0.2, -0.15) is 0 Å². The van der Waals surface area contributed by atoms with Crippen molar-refractivity contribution in [2.24, 2.45) is 11.0 Å². The Morgan fingerprint density at radius 1 is 1.62 bits per heavy atom. The van der Waals surface area contributed by atoms with Crippen LogP contribution in [-0.4, -0.2) is 41.7 Å². The number of rotatable bonds is 3. The summed E-state index contributed by atoms with van der Waals surface area (Å²) in [4.78, 5) is 2.60. The van der Waals surface area contributed by atoms with Crippen molar-refractivity contribution in [2.75, 3.05) is 13.2 Å². The van der Waals surface area contributed by atoms with E-state index in [-0.39, 0.29) is 25.2 Å². The molecule has 0 radical (unpaired) electrons. The van der Waals surface area contributed by atoms with Gasteiger partial charge in [-0.3, -0.25) is 0 Å². The van der Waals surface area contributed by atoms with E-state index in [2.05, 4.69) is 10.0 Å². The summed E-state index contributed by atoms with van der Waals surface area (Å²) in [7, 11) is 0. The standard InChI is InChI=1S/C7H13N3O3/c1-4-7(12)5(2-9-10-8)6(3-11)13-4/h4-7,11-12H,2-3H2,1H3/t4-,5-,6+,7?/m0/s1. The fourth-order valence-corrected chi connectivity index (χ4v) is 1.56. The molecule has 13 heavy (non-hydrogen) atoms. The van der Waals surface area contributed by atoms with Crippen LogP contribution in [0.3, 0.4) is 0 Å². The van der Waals surface area contributed by atoms with Gasteiger partial charge in [0.2, 0.25) is 0 Å². The molecule has 1 rings (SSSR count). The van der Waals surface area contributed by atoms with Gasteiger partial charge in [-0.1, -0.05) is 5.11 Å². The summed E-state index contributed by atoms with van der Waals surface area (Å²) in [6.07, 6.45) is -1.39. The molecular formula is C7H13N3O3. The quantitative estimate of drug-likeness (QED) is 0.371. The molecule has 1 unspecified atom stereocenters. The molecule has 1 aliphatic rings. The zero-order chi connectivity index (χ0) is 9.84. The van der Waals surface area contributed by atoms with E-state index in [0.717, 1.165) is 0 Å². The summed E-state index contributed by atoms with van der Waals surface area (Å²) < 4.78 is 5.25. The second-order valence-corrected chi connectivity index (χ2v) is 3.13. The minimum absolute atomic E-state index is 0.160. The summed E-state index contributed by atoms with van der Waals surface area (Å²) in [5.41, 5.74) is 8.11. The minimum Gasteiger partial charge on any atom is -0.394 e. The lowest BCUT2D eigenvalue weighted by atomic mass is 9.97. The van der Waals surface area contributed by atoms with E-state index in [1.54, 1.807) is 6.92 Å². The molecule has 2 N–H and O–H groups in total. The smallest absolute Gasteiger partial charge is 0.0865 e. The molecule has 0 amide bonds. The second-order valence-electron chi connectivity index (χ2n) is 3.13. The second kappa shape index (κ2) is 4.43. The van der Waals surface area contributed by atoms with Crippen LogP contribution in [0.15, 0.2) is 5.11 Å². The maximum Gasteiger partial charge on any atom is 0.0865 e. The van der Waals surface area contributed by atoms with Crippen molar-refractivity contribution in [3.8, 4) is 0 Å². The molecule has 74 valence electrons. The van der Waals surface area contributed by atoms with Gasteiger partial charge in [-0.25, -0.2) is 0 Å². The molecule has 6 nitrogen and oxygen atoms in total. The highest BCUT2D eigenvalue weighted by molar-refractivity contribution is 4.89. The summed E-state index contributed by atoms with van der Waals surface area (Å²) in [6.45, 7) is 1.73. The number of aliphatic hydroxyl groups is 2. The molecule has 0 aromatic rings. The molecule has 6 heteroatoms. The number of hydrogen-bond donors (Lipinski definition) is 2. The zero-order valence-electron chi connectivity index (χ0n) is 7.37. The van der Waals surface area contributed by atoms with Crippen LogP contribution in [0, 0.1) is 5.92 Å². The SMILES string of the molecule is C[C@@H]1O[C@H](CO)[C@H](CN=[N+]=[N-])C1O. The van der Waals surface area contributed by atoms with E-state index >= 15 is 0 Å². The van der Waals surface area contributed by atoms with Crippen molar-refractivity contribution < 1.29 is 14.9 Å². The summed E-state index contributed by atoms with van der Waals surface area (Å²) in [5, 5.41) is 21.8. The first-order chi connectivity index (χ1) is 6.20. The van der Waals surface area contributed by atoms with Crippen molar-refractivity contribution in [1.82, 2.24) is 0 Å². The van der Waals surface area contributed by atoms with Gasteiger partial charge < -0.3 is 14.9 Å². The van der Waals surface area contributed by atoms with Crippen LogP contribution in [-0.2, 0) is 4.74 Å². The number of azide groups is 1. The van der Waals surface area contributed by atoms with Crippen LogP contribution >= 0.6 is 0 Å². The van der Waals surface area contributed by atoms with E-state index in [1.165, 1.54) is 0 Å². The minimum atomic E-state index is -0.664. The number of hydrogen-bond acceptors (Lipinski definition) is 4. The molecule has 1 heterocycles. The van der Waals surface area contributed by atoms with Crippen LogP contribution < -0.4 is 0 Å². The molecule has 0 saturated carbocycles. The third-order valence-corrected chi connectivity index (χ3v) is 2.32. The topological polar surface area (TPSA) is 98.5 Å². The first-order valence-corrected chi connectivity index (χ1v) is 4.16. The van der Waals surface area contributed by atoms with E-state index in [0.29, 0.717) is 0 Å². The summed E-state index contributed by atoms with van der Waals surface area (Å²) in [5.74, 6) is -0.295. The molecule has 4 atom stereocenters. The van der Waals surface area contributed by atoms with E-state index in [1.807, 2.05) is 0 Å². The average molecular weight is 187 g/mol. The average Bonchev–Trinajstić information content (AvgIpc) is 2.40. The Labute approximate surface area is 75.8 Å². The maximum atomic E-state index is 9.57. The van der Waals surface area contributed by atoms with Crippen LogP contribution in [0.25, 0.3) is 10.4 Å². The Morgan fingerprint density at radius 3 is 2.85 bits per heavy atom. The largest absolute Gasteiger partial charge is 0.394 e. The molecule has 0 aliphatic carbocycles. The summed E-state index contributed by atoms with van der Waals surface area (Å²) in [6, 6.07) is 0. The van der Waals surface area contributed by atoms with Gasteiger partial charge in [0.15, 0.2) is 0 Å². The fraction of sp³-hybridized carbons (Fsp3) is 1.00. The normalized spacial score (nSPS) is 38.7. The van der Waals surface area contributed by atoms with Gasteiger partial charge in [0, 0.05) is 17.4 Å². The molecule has 1 saturated heterocycles. The van der Waals surface area contributed by atoms with Crippen LogP contribution in [0.2, 0.25) is 0 Å². The molecular weight excluding hydrogens is 174 g/mol. The van der Waals surface area contributed by atoms with Crippen molar-refractivity contribution in [1.29, 1.82) is 0 Å². The van der Waals surface area contributed by atoms with Crippen LogP contribution in [0.1, 0.15) is 6.92 Å². The Bertz CT molecular complexity index is 217. The Kier molecular flexibility index (Phi) is 3.50. The first kappa shape index (κ1) is 10.3. The van der Waals surface area contributed by atoms with E-state index in [9.17, 15) is 5.11 Å². The highest BCUT2D eigenvalue weighted by atomic mass is 16.5. The predicted molar refractivity (Wildman–Crippen MR) is 44.9 cm³/mol. The third kappa shape index (κ3) is 2.10. The van der Waals surface area contributed by atoms with Gasteiger partial charge in [0.25, 0.3) is 0 Å². The van der Waals surface area contributed by atoms with Gasteiger partial charge >= 0.3 is 0 Å². The van der Waals surface area contributed by atoms with Gasteiger partial charge in [-0.15, -0.1) is 0 Å². The molecule has 0 spiro atoms. The number of nitrogens with zero attached hydrogens (tertiary/aromatic N) is 3. The van der Waals surface area contributed by atoms with Crippen molar-refractivity contribution in [3.05, 3.63) is 10.4 Å². The monoisotopic (exact) mass is 187 g/mol. The first-order valence-electron chi connectivity index (χ1n) is 4.16. The van der Waals surface area contributed by atoms with Gasteiger partial charge in [0.05, 0.1) is 24.9 Å².